The van der Waals surface area contributed by atoms with E-state index < -0.39 is 7.26 Å². The summed E-state index contributed by atoms with van der Waals surface area (Å²) in [7, 11) is -1.85. The predicted octanol–water partition coefficient (Wildman–Crippen LogP) is 4.53. The molecule has 0 aliphatic rings. The van der Waals surface area contributed by atoms with Crippen molar-refractivity contribution in [3.63, 3.8) is 0 Å². The minimum absolute atomic E-state index is 0.644. The Bertz CT molecular complexity index is 685. The molecule has 0 bridgehead atoms. The van der Waals surface area contributed by atoms with Gasteiger partial charge in [0.2, 0.25) is 0 Å². The molecule has 0 aromatic heterocycles. The molecule has 2 heteroatoms. The Morgan fingerprint density at radius 3 is 1.44 bits per heavy atom. The number of rotatable bonds is 7. The number of benzene rings is 3. The van der Waals surface area contributed by atoms with Crippen LogP contribution in [0.25, 0.3) is 0 Å². The Morgan fingerprint density at radius 1 is 0.680 bits per heavy atom. The molecule has 3 aromatic rings. The summed E-state index contributed by atoms with van der Waals surface area (Å²) in [4.78, 5) is 0. The van der Waals surface area contributed by atoms with Crippen LogP contribution in [0.5, 0.6) is 0 Å². The Balaban J connectivity index is 2.16. The summed E-state index contributed by atoms with van der Waals surface area (Å²) in [6.45, 7) is 2.67. The summed E-state index contributed by atoms with van der Waals surface area (Å²) in [6.07, 6.45) is 4.80. The molecule has 3 rings (SSSR count). The molecule has 0 unspecified atom stereocenters. The molecule has 0 fully saturated rings. The maximum Gasteiger partial charge on any atom is 0.171 e. The van der Waals surface area contributed by atoms with E-state index in [0.717, 1.165) is 0 Å². The SMILES string of the molecule is C/C=C/COC[P+](c1ccccc1)(c1ccccc1)c1ccccc1. The third-order valence-corrected chi connectivity index (χ3v) is 8.43. The molecule has 0 N–H and O–H groups in total. The van der Waals surface area contributed by atoms with E-state index >= 15 is 0 Å². The highest BCUT2D eigenvalue weighted by molar-refractivity contribution is 7.95. The topological polar surface area (TPSA) is 9.23 Å². The zero-order chi connectivity index (χ0) is 17.4. The monoisotopic (exact) mass is 347 g/mol. The number of allylic oxidation sites excluding steroid dienone is 1. The van der Waals surface area contributed by atoms with Gasteiger partial charge >= 0.3 is 0 Å². The van der Waals surface area contributed by atoms with Gasteiger partial charge in [0.25, 0.3) is 0 Å². The van der Waals surface area contributed by atoms with Gasteiger partial charge in [-0.1, -0.05) is 66.7 Å². The first-order valence-corrected chi connectivity index (χ1v) is 10.6. The molecule has 0 atom stereocenters. The van der Waals surface area contributed by atoms with Gasteiger partial charge in [-0.2, -0.15) is 0 Å². The van der Waals surface area contributed by atoms with Gasteiger partial charge in [0, 0.05) is 0 Å². The Kier molecular flexibility index (Phi) is 6.17. The molecular formula is C23H24OP+. The van der Waals surface area contributed by atoms with Crippen LogP contribution in [0.4, 0.5) is 0 Å². The summed E-state index contributed by atoms with van der Waals surface area (Å²) in [5.74, 6) is 0. The fraction of sp³-hybridized carbons (Fsp3) is 0.130. The van der Waals surface area contributed by atoms with E-state index in [0.29, 0.717) is 13.0 Å². The highest BCUT2D eigenvalue weighted by Gasteiger charge is 2.45. The number of hydrogen-bond donors (Lipinski definition) is 0. The number of ether oxygens (including phenoxy) is 1. The van der Waals surface area contributed by atoms with Gasteiger partial charge in [-0.25, -0.2) is 0 Å². The highest BCUT2D eigenvalue weighted by atomic mass is 31.2. The first-order valence-electron chi connectivity index (χ1n) is 8.62. The fourth-order valence-corrected chi connectivity index (χ4v) is 6.84. The Hall–Kier alpha value is -2.21. The maximum absolute atomic E-state index is 6.17. The van der Waals surface area contributed by atoms with Gasteiger partial charge in [-0.3, -0.25) is 0 Å². The van der Waals surface area contributed by atoms with E-state index in [-0.39, 0.29) is 0 Å². The van der Waals surface area contributed by atoms with Gasteiger partial charge in [0.15, 0.2) is 6.35 Å². The molecule has 126 valence electrons. The van der Waals surface area contributed by atoms with E-state index in [9.17, 15) is 0 Å². The summed E-state index contributed by atoms with van der Waals surface area (Å²) >= 11 is 0. The zero-order valence-corrected chi connectivity index (χ0v) is 15.5. The predicted molar refractivity (Wildman–Crippen MR) is 111 cm³/mol. The van der Waals surface area contributed by atoms with Crippen LogP contribution in [0, 0.1) is 0 Å². The second-order valence-electron chi connectivity index (χ2n) is 5.89. The lowest BCUT2D eigenvalue weighted by molar-refractivity contribution is 0.213. The van der Waals surface area contributed by atoms with Crippen molar-refractivity contribution in [3.05, 3.63) is 103 Å². The average molecular weight is 347 g/mol. The van der Waals surface area contributed by atoms with Crippen molar-refractivity contribution in [1.82, 2.24) is 0 Å². The van der Waals surface area contributed by atoms with Gasteiger partial charge < -0.3 is 4.74 Å². The number of hydrogen-bond acceptors (Lipinski definition) is 1. The van der Waals surface area contributed by atoms with E-state index in [1.807, 2.05) is 13.0 Å². The van der Waals surface area contributed by atoms with Crippen molar-refractivity contribution in [2.75, 3.05) is 13.0 Å². The van der Waals surface area contributed by atoms with Crippen LogP contribution in [0.2, 0.25) is 0 Å². The van der Waals surface area contributed by atoms with Crippen molar-refractivity contribution in [2.24, 2.45) is 0 Å². The lowest BCUT2D eigenvalue weighted by atomic mass is 10.4. The van der Waals surface area contributed by atoms with Crippen LogP contribution in [0.1, 0.15) is 6.92 Å². The van der Waals surface area contributed by atoms with Crippen molar-refractivity contribution in [3.8, 4) is 0 Å². The van der Waals surface area contributed by atoms with E-state index in [1.54, 1.807) is 0 Å². The summed E-state index contributed by atoms with van der Waals surface area (Å²) in [5, 5.41) is 4.06. The van der Waals surface area contributed by atoms with Crippen molar-refractivity contribution < 1.29 is 4.74 Å². The first-order chi connectivity index (χ1) is 12.4. The standard InChI is InChI=1S/C23H24OP/c1-2-3-19-24-20-25(21-13-7-4-8-14-21,22-15-9-5-10-16-22)23-17-11-6-12-18-23/h2-18H,19-20H2,1H3/q+1/b3-2+. The van der Waals surface area contributed by atoms with Crippen molar-refractivity contribution in [2.45, 2.75) is 6.92 Å². The second-order valence-corrected chi connectivity index (χ2v) is 9.31. The third-order valence-electron chi connectivity index (χ3n) is 4.33. The van der Waals surface area contributed by atoms with Gasteiger partial charge in [0.1, 0.15) is 23.2 Å². The van der Waals surface area contributed by atoms with E-state index in [2.05, 4.69) is 97.1 Å². The van der Waals surface area contributed by atoms with Gasteiger partial charge in [-0.05, 0) is 43.3 Å². The molecular weight excluding hydrogens is 323 g/mol. The molecule has 0 aliphatic carbocycles. The summed E-state index contributed by atoms with van der Waals surface area (Å²) in [5.41, 5.74) is 0. The molecule has 25 heavy (non-hydrogen) atoms. The summed E-state index contributed by atoms with van der Waals surface area (Å²) < 4.78 is 6.17. The molecule has 0 aliphatic heterocycles. The molecule has 3 aromatic carbocycles. The lowest BCUT2D eigenvalue weighted by Gasteiger charge is -2.27. The summed E-state index contributed by atoms with van der Waals surface area (Å²) in [6, 6.07) is 32.5. The quantitative estimate of drug-likeness (QED) is 0.347. The smallest absolute Gasteiger partial charge is 0.171 e. The fourth-order valence-electron chi connectivity index (χ4n) is 3.07. The Morgan fingerprint density at radius 2 is 1.08 bits per heavy atom. The second kappa shape index (κ2) is 8.76. The Labute approximate surface area is 151 Å². The van der Waals surface area contributed by atoms with E-state index in [1.165, 1.54) is 15.9 Å². The van der Waals surface area contributed by atoms with Crippen molar-refractivity contribution >= 4 is 23.2 Å². The van der Waals surface area contributed by atoms with Crippen LogP contribution in [-0.4, -0.2) is 13.0 Å². The highest BCUT2D eigenvalue weighted by Crippen LogP contribution is 2.55. The molecule has 0 spiro atoms. The molecule has 0 amide bonds. The molecule has 1 nitrogen and oxygen atoms in total. The molecule has 0 radical (unpaired) electrons. The van der Waals surface area contributed by atoms with Crippen LogP contribution in [0.15, 0.2) is 103 Å². The molecule has 0 saturated heterocycles. The van der Waals surface area contributed by atoms with Crippen LogP contribution >= 0.6 is 7.26 Å². The largest absolute Gasteiger partial charge is 0.341 e. The third kappa shape index (κ3) is 3.90. The van der Waals surface area contributed by atoms with E-state index in [4.69, 9.17) is 4.74 Å². The minimum Gasteiger partial charge on any atom is -0.341 e. The lowest BCUT2D eigenvalue weighted by Crippen LogP contribution is -2.34. The molecule has 0 heterocycles. The van der Waals surface area contributed by atoms with Crippen LogP contribution in [0.3, 0.4) is 0 Å². The normalized spacial score (nSPS) is 11.7. The van der Waals surface area contributed by atoms with Crippen LogP contribution in [-0.2, 0) is 4.74 Å². The molecule has 0 saturated carbocycles. The first kappa shape index (κ1) is 17.6. The minimum atomic E-state index is -1.85. The average Bonchev–Trinajstić information content (AvgIpc) is 2.70. The maximum atomic E-state index is 6.17. The van der Waals surface area contributed by atoms with Gasteiger partial charge in [0.05, 0.1) is 6.61 Å². The zero-order valence-electron chi connectivity index (χ0n) is 14.6. The van der Waals surface area contributed by atoms with Crippen molar-refractivity contribution in [1.29, 1.82) is 0 Å². The van der Waals surface area contributed by atoms with Crippen LogP contribution < -0.4 is 15.9 Å². The van der Waals surface area contributed by atoms with Gasteiger partial charge in [-0.15, -0.1) is 0 Å².